The molecule has 0 unspecified atom stereocenters. The van der Waals surface area contributed by atoms with Crippen molar-refractivity contribution in [1.29, 1.82) is 0 Å². The van der Waals surface area contributed by atoms with Crippen LogP contribution in [0.2, 0.25) is 0 Å². The van der Waals surface area contributed by atoms with Crippen molar-refractivity contribution in [3.05, 3.63) is 0 Å². The largest absolute Gasteiger partial charge is 1.00 e. The number of amides is 1. The van der Waals surface area contributed by atoms with Crippen molar-refractivity contribution < 1.29 is 54.2 Å². The van der Waals surface area contributed by atoms with Gasteiger partial charge in [0, 0.05) is 31.9 Å². The van der Waals surface area contributed by atoms with Gasteiger partial charge in [-0.3, -0.25) is 9.59 Å². The summed E-state index contributed by atoms with van der Waals surface area (Å²) in [5, 5.41) is 19.2. The van der Waals surface area contributed by atoms with E-state index < -0.39 is 11.9 Å². The molecule has 0 spiro atoms. The average Bonchev–Trinajstić information content (AvgIpc) is 2.52. The zero-order chi connectivity index (χ0) is 18.2. The van der Waals surface area contributed by atoms with Crippen molar-refractivity contribution in [3.63, 3.8) is 0 Å². The summed E-state index contributed by atoms with van der Waals surface area (Å²) < 4.78 is 0. The third-order valence-electron chi connectivity index (χ3n) is 4.03. The van der Waals surface area contributed by atoms with E-state index in [9.17, 15) is 19.5 Å². The van der Waals surface area contributed by atoms with Crippen LogP contribution in [-0.4, -0.2) is 40.9 Å². The van der Waals surface area contributed by atoms with E-state index in [1.165, 1.54) is 43.4 Å². The standard InChI is InChI=1S/C18H33NO5.Na/c1-2-3-4-5-6-7-8-9-10-11-16(20)19(14-12-17(21)22)15-13-18(23)24;/h2-15H2,1H3,(H,21,22)(H,23,24);/q;+1/p-1. The predicted octanol–water partition coefficient (Wildman–Crippen LogP) is -0.645. The third-order valence-corrected chi connectivity index (χ3v) is 4.03. The molecule has 1 amide bonds. The first kappa shape index (κ1) is 26.6. The molecule has 140 valence electrons. The van der Waals surface area contributed by atoms with Crippen LogP contribution < -0.4 is 34.7 Å². The molecule has 0 rings (SSSR count). The van der Waals surface area contributed by atoms with Crippen LogP contribution in [0.25, 0.3) is 0 Å². The first-order valence-electron chi connectivity index (χ1n) is 9.16. The molecule has 0 aromatic rings. The number of nitrogens with zero attached hydrogens (tertiary/aromatic N) is 1. The van der Waals surface area contributed by atoms with Crippen LogP contribution in [0.15, 0.2) is 0 Å². The molecule has 6 nitrogen and oxygen atoms in total. The molecule has 0 atom stereocenters. The first-order valence-corrected chi connectivity index (χ1v) is 9.16. The van der Waals surface area contributed by atoms with Crippen molar-refractivity contribution >= 4 is 17.8 Å². The molecule has 0 fully saturated rings. The van der Waals surface area contributed by atoms with E-state index in [1.54, 1.807) is 0 Å². The van der Waals surface area contributed by atoms with E-state index in [1.807, 2.05) is 0 Å². The van der Waals surface area contributed by atoms with Gasteiger partial charge < -0.3 is 19.9 Å². The minimum atomic E-state index is -1.23. The number of carboxylic acids is 2. The molecule has 0 saturated carbocycles. The summed E-state index contributed by atoms with van der Waals surface area (Å²) in [4.78, 5) is 34.6. The van der Waals surface area contributed by atoms with Crippen LogP contribution in [0.4, 0.5) is 0 Å². The van der Waals surface area contributed by atoms with Gasteiger partial charge in [0.25, 0.3) is 0 Å². The van der Waals surface area contributed by atoms with Gasteiger partial charge in [-0.2, -0.15) is 0 Å². The van der Waals surface area contributed by atoms with Gasteiger partial charge in [-0.15, -0.1) is 0 Å². The van der Waals surface area contributed by atoms with Gasteiger partial charge in [0.1, 0.15) is 0 Å². The molecule has 25 heavy (non-hydrogen) atoms. The maximum atomic E-state index is 12.1. The van der Waals surface area contributed by atoms with Gasteiger partial charge in [0.05, 0.1) is 6.42 Å². The fourth-order valence-corrected chi connectivity index (χ4v) is 2.56. The second kappa shape index (κ2) is 18.2. The Bertz CT molecular complexity index is 358. The molecular formula is C18H32NNaO5. The Labute approximate surface area is 173 Å². The zero-order valence-electron chi connectivity index (χ0n) is 15.9. The van der Waals surface area contributed by atoms with Crippen LogP contribution in [0.3, 0.4) is 0 Å². The Morgan fingerprint density at radius 2 is 1.28 bits per heavy atom. The van der Waals surface area contributed by atoms with Crippen molar-refractivity contribution in [2.75, 3.05) is 13.1 Å². The van der Waals surface area contributed by atoms with Crippen molar-refractivity contribution in [1.82, 2.24) is 4.90 Å². The third kappa shape index (κ3) is 18.0. The Hall–Kier alpha value is -0.590. The van der Waals surface area contributed by atoms with Crippen LogP contribution in [0, 0.1) is 0 Å². The summed E-state index contributed by atoms with van der Waals surface area (Å²) in [7, 11) is 0. The number of hydrogen-bond acceptors (Lipinski definition) is 4. The number of hydrogen-bond donors (Lipinski definition) is 1. The molecule has 7 heteroatoms. The Kier molecular flexibility index (Phi) is 19.4. The van der Waals surface area contributed by atoms with Crippen LogP contribution in [0.5, 0.6) is 0 Å². The smallest absolute Gasteiger partial charge is 0.550 e. The molecule has 0 bridgehead atoms. The van der Waals surface area contributed by atoms with Gasteiger partial charge in [0.2, 0.25) is 5.91 Å². The number of carboxylic acid groups (broad SMARTS) is 2. The van der Waals surface area contributed by atoms with Gasteiger partial charge in [-0.1, -0.05) is 58.3 Å². The minimum Gasteiger partial charge on any atom is -0.550 e. The number of aliphatic carboxylic acids is 2. The molecule has 0 aromatic heterocycles. The topological polar surface area (TPSA) is 97.7 Å². The molecule has 0 heterocycles. The molecule has 0 aliphatic heterocycles. The van der Waals surface area contributed by atoms with E-state index in [0.717, 1.165) is 19.3 Å². The summed E-state index contributed by atoms with van der Waals surface area (Å²) in [5.41, 5.74) is 0. The minimum absolute atomic E-state index is 0. The number of carbonyl (C=O) groups is 3. The summed E-state index contributed by atoms with van der Waals surface area (Å²) in [5.74, 6) is -2.39. The van der Waals surface area contributed by atoms with E-state index in [4.69, 9.17) is 5.11 Å². The van der Waals surface area contributed by atoms with Gasteiger partial charge in [-0.05, 0) is 6.42 Å². The Morgan fingerprint density at radius 3 is 1.76 bits per heavy atom. The molecule has 0 radical (unpaired) electrons. The molecule has 0 aliphatic rings. The molecular weight excluding hydrogens is 333 g/mol. The van der Waals surface area contributed by atoms with Crippen molar-refractivity contribution in [3.8, 4) is 0 Å². The monoisotopic (exact) mass is 365 g/mol. The Balaban J connectivity index is 0. The second-order valence-corrected chi connectivity index (χ2v) is 6.22. The second-order valence-electron chi connectivity index (χ2n) is 6.22. The van der Waals surface area contributed by atoms with Crippen molar-refractivity contribution in [2.24, 2.45) is 0 Å². The summed E-state index contributed by atoms with van der Waals surface area (Å²) >= 11 is 0. The summed E-state index contributed by atoms with van der Waals surface area (Å²) in [6.45, 7) is 2.27. The summed E-state index contributed by atoms with van der Waals surface area (Å²) in [6.07, 6.45) is 10.3. The quantitative estimate of drug-likeness (QED) is 0.290. The van der Waals surface area contributed by atoms with E-state index in [-0.39, 0.29) is 61.4 Å². The maximum Gasteiger partial charge on any atom is 1.00 e. The number of unbranched alkanes of at least 4 members (excludes halogenated alkanes) is 8. The fourth-order valence-electron chi connectivity index (χ4n) is 2.56. The fraction of sp³-hybridized carbons (Fsp3) is 0.833. The zero-order valence-corrected chi connectivity index (χ0v) is 17.9. The number of rotatable bonds is 16. The molecule has 1 N–H and O–H groups in total. The van der Waals surface area contributed by atoms with E-state index >= 15 is 0 Å². The van der Waals surface area contributed by atoms with Gasteiger partial charge >= 0.3 is 35.5 Å². The van der Waals surface area contributed by atoms with Crippen LogP contribution in [-0.2, 0) is 14.4 Å². The normalized spacial score (nSPS) is 10.1. The average molecular weight is 365 g/mol. The first-order chi connectivity index (χ1) is 11.5. The van der Waals surface area contributed by atoms with Gasteiger partial charge in [-0.25, -0.2) is 0 Å². The van der Waals surface area contributed by atoms with Crippen LogP contribution in [0.1, 0.15) is 84.0 Å². The van der Waals surface area contributed by atoms with Crippen LogP contribution >= 0.6 is 0 Å². The van der Waals surface area contributed by atoms with E-state index in [2.05, 4.69) is 6.92 Å². The predicted molar refractivity (Wildman–Crippen MR) is 90.3 cm³/mol. The van der Waals surface area contributed by atoms with Gasteiger partial charge in [0.15, 0.2) is 0 Å². The SMILES string of the molecule is CCCCCCCCCCCC(=O)N(CCC(=O)[O-])CCC(=O)O.[Na+]. The van der Waals surface area contributed by atoms with Crippen molar-refractivity contribution in [2.45, 2.75) is 84.0 Å². The number of carbonyl (C=O) groups excluding carboxylic acids is 2. The maximum absolute atomic E-state index is 12.1. The molecule has 0 aromatic carbocycles. The summed E-state index contributed by atoms with van der Waals surface area (Å²) in [6, 6.07) is 0. The van der Waals surface area contributed by atoms with E-state index in [0.29, 0.717) is 6.42 Å². The Morgan fingerprint density at radius 1 is 0.800 bits per heavy atom. The molecule has 0 aliphatic carbocycles. The molecule has 0 saturated heterocycles.